The van der Waals surface area contributed by atoms with E-state index < -0.39 is 5.76 Å². The third-order valence-corrected chi connectivity index (χ3v) is 4.51. The van der Waals surface area contributed by atoms with Gasteiger partial charge in [-0.25, -0.2) is 9.78 Å². The van der Waals surface area contributed by atoms with E-state index in [2.05, 4.69) is 15.3 Å². The van der Waals surface area contributed by atoms with Crippen molar-refractivity contribution in [2.45, 2.75) is 20.0 Å². The number of hydrogen-bond acceptors (Lipinski definition) is 5. The van der Waals surface area contributed by atoms with Crippen LogP contribution in [0.3, 0.4) is 0 Å². The Hall–Kier alpha value is -3.68. The summed E-state index contributed by atoms with van der Waals surface area (Å²) in [5.41, 5.74) is 2.98. The minimum atomic E-state index is -0.541. The predicted octanol–water partition coefficient (Wildman–Crippen LogP) is 1.98. The number of aromatic nitrogens is 4. The average molecular weight is 377 g/mol. The lowest BCUT2D eigenvalue weighted by molar-refractivity contribution is -0.121. The lowest BCUT2D eigenvalue weighted by Crippen LogP contribution is -2.33. The molecule has 3 heterocycles. The van der Waals surface area contributed by atoms with E-state index in [-0.39, 0.29) is 12.5 Å². The molecule has 8 heteroatoms. The summed E-state index contributed by atoms with van der Waals surface area (Å²) in [6, 6.07) is 10.8. The van der Waals surface area contributed by atoms with Crippen LogP contribution in [0.5, 0.6) is 0 Å². The Balaban J connectivity index is 1.42. The Morgan fingerprint density at radius 1 is 1.14 bits per heavy atom. The molecule has 0 spiro atoms. The molecule has 142 valence electrons. The molecule has 0 aliphatic rings. The van der Waals surface area contributed by atoms with E-state index in [9.17, 15) is 9.59 Å². The van der Waals surface area contributed by atoms with E-state index in [4.69, 9.17) is 4.42 Å². The van der Waals surface area contributed by atoms with E-state index in [1.54, 1.807) is 42.9 Å². The summed E-state index contributed by atoms with van der Waals surface area (Å²) in [4.78, 5) is 32.9. The number of carbonyl (C=O) groups is 1. The van der Waals surface area contributed by atoms with Gasteiger partial charge in [0.15, 0.2) is 5.58 Å². The number of pyridine rings is 1. The van der Waals surface area contributed by atoms with E-state index in [0.29, 0.717) is 24.2 Å². The van der Waals surface area contributed by atoms with Gasteiger partial charge < -0.3 is 14.3 Å². The largest absolute Gasteiger partial charge is 0.420 e. The summed E-state index contributed by atoms with van der Waals surface area (Å²) >= 11 is 0. The lowest BCUT2D eigenvalue weighted by atomic mass is 10.2. The van der Waals surface area contributed by atoms with Crippen LogP contribution in [0.25, 0.3) is 22.5 Å². The fraction of sp³-hybridized carbons (Fsp3) is 0.200. The summed E-state index contributed by atoms with van der Waals surface area (Å²) in [7, 11) is 0. The summed E-state index contributed by atoms with van der Waals surface area (Å²) in [5, 5.41) is 2.85. The quantitative estimate of drug-likeness (QED) is 0.554. The number of carbonyl (C=O) groups excluding carboxylic acids is 1. The first kappa shape index (κ1) is 17.7. The highest BCUT2D eigenvalue weighted by molar-refractivity contribution is 5.79. The number of nitrogens with one attached hydrogen (secondary N) is 1. The Labute approximate surface area is 160 Å². The fourth-order valence-electron chi connectivity index (χ4n) is 3.14. The van der Waals surface area contributed by atoms with Crippen LogP contribution in [0.15, 0.2) is 64.2 Å². The maximum atomic E-state index is 12.3. The first-order chi connectivity index (χ1) is 13.6. The maximum absolute atomic E-state index is 12.3. The second-order valence-corrected chi connectivity index (χ2v) is 6.39. The summed E-state index contributed by atoms with van der Waals surface area (Å²) in [5.74, 6) is 0.00640. The van der Waals surface area contributed by atoms with Crippen LogP contribution in [-0.2, 0) is 17.9 Å². The van der Waals surface area contributed by atoms with E-state index in [0.717, 1.165) is 17.1 Å². The second-order valence-electron chi connectivity index (χ2n) is 6.39. The molecule has 4 rings (SSSR count). The third kappa shape index (κ3) is 3.44. The van der Waals surface area contributed by atoms with Gasteiger partial charge in [0.2, 0.25) is 5.91 Å². The van der Waals surface area contributed by atoms with Gasteiger partial charge in [0.05, 0.1) is 5.52 Å². The highest BCUT2D eigenvalue weighted by Gasteiger charge is 2.13. The van der Waals surface area contributed by atoms with E-state index in [1.807, 2.05) is 23.6 Å². The molecule has 0 atom stereocenters. The molecule has 1 N–H and O–H groups in total. The Bertz CT molecular complexity index is 1170. The molecular weight excluding hydrogens is 358 g/mol. The maximum Gasteiger partial charge on any atom is 0.420 e. The first-order valence-electron chi connectivity index (χ1n) is 8.91. The van der Waals surface area contributed by atoms with Crippen molar-refractivity contribution in [3.63, 3.8) is 0 Å². The number of para-hydroxylation sites is 2. The summed E-state index contributed by atoms with van der Waals surface area (Å²) in [6.07, 6.45) is 5.26. The van der Waals surface area contributed by atoms with Crippen molar-refractivity contribution in [3.8, 4) is 11.4 Å². The van der Waals surface area contributed by atoms with E-state index in [1.165, 1.54) is 4.57 Å². The Morgan fingerprint density at radius 2 is 2.00 bits per heavy atom. The molecule has 0 fully saturated rings. The number of aryl methyl sites for hydroxylation is 1. The predicted molar refractivity (Wildman–Crippen MR) is 104 cm³/mol. The zero-order chi connectivity index (χ0) is 19.5. The number of imidazole rings is 1. The van der Waals surface area contributed by atoms with Crippen molar-refractivity contribution >= 4 is 17.0 Å². The SMILES string of the molecule is Cc1cnc(-c2cccnc2)n1CCNC(=O)Cn1c(=O)oc2ccccc21. The van der Waals surface area contributed by atoms with Gasteiger partial charge in [-0.2, -0.15) is 0 Å². The van der Waals surface area contributed by atoms with Crippen LogP contribution < -0.4 is 11.1 Å². The van der Waals surface area contributed by atoms with Crippen molar-refractivity contribution in [1.82, 2.24) is 24.4 Å². The minimum absolute atomic E-state index is 0.0891. The Kier molecular flexibility index (Phi) is 4.76. The zero-order valence-corrected chi connectivity index (χ0v) is 15.3. The van der Waals surface area contributed by atoms with Crippen LogP contribution in [-0.4, -0.2) is 31.6 Å². The zero-order valence-electron chi connectivity index (χ0n) is 15.3. The number of benzene rings is 1. The second kappa shape index (κ2) is 7.51. The van der Waals surface area contributed by atoms with Crippen molar-refractivity contribution in [1.29, 1.82) is 0 Å². The molecule has 0 radical (unpaired) electrons. The molecule has 0 aliphatic carbocycles. The molecule has 1 amide bonds. The van der Waals surface area contributed by atoms with Crippen LogP contribution in [0.4, 0.5) is 0 Å². The van der Waals surface area contributed by atoms with Gasteiger partial charge in [-0.3, -0.25) is 14.3 Å². The van der Waals surface area contributed by atoms with Crippen LogP contribution in [0.1, 0.15) is 5.69 Å². The number of fused-ring (bicyclic) bond motifs is 1. The molecule has 0 bridgehead atoms. The Morgan fingerprint density at radius 3 is 2.82 bits per heavy atom. The third-order valence-electron chi connectivity index (χ3n) is 4.51. The van der Waals surface area contributed by atoms with Crippen LogP contribution in [0.2, 0.25) is 0 Å². The topological polar surface area (TPSA) is 95.0 Å². The van der Waals surface area contributed by atoms with Gasteiger partial charge in [0.1, 0.15) is 12.4 Å². The van der Waals surface area contributed by atoms with Gasteiger partial charge in [-0.1, -0.05) is 12.1 Å². The molecule has 4 aromatic rings. The highest BCUT2D eigenvalue weighted by Crippen LogP contribution is 2.18. The molecule has 0 aliphatic heterocycles. The van der Waals surface area contributed by atoms with Gasteiger partial charge >= 0.3 is 5.76 Å². The molecule has 3 aromatic heterocycles. The van der Waals surface area contributed by atoms with Gasteiger partial charge in [-0.15, -0.1) is 0 Å². The first-order valence-corrected chi connectivity index (χ1v) is 8.91. The fourth-order valence-corrected chi connectivity index (χ4v) is 3.14. The number of nitrogens with zero attached hydrogens (tertiary/aromatic N) is 4. The van der Waals surface area contributed by atoms with Crippen LogP contribution in [0, 0.1) is 6.92 Å². The highest BCUT2D eigenvalue weighted by atomic mass is 16.4. The number of hydrogen-bond donors (Lipinski definition) is 1. The van der Waals surface area contributed by atoms with Crippen molar-refractivity contribution in [2.75, 3.05) is 6.54 Å². The van der Waals surface area contributed by atoms with Gasteiger partial charge in [0.25, 0.3) is 0 Å². The molecule has 0 saturated heterocycles. The van der Waals surface area contributed by atoms with Crippen molar-refractivity contribution < 1.29 is 9.21 Å². The van der Waals surface area contributed by atoms with E-state index >= 15 is 0 Å². The number of amides is 1. The van der Waals surface area contributed by atoms with Crippen LogP contribution >= 0.6 is 0 Å². The molecule has 28 heavy (non-hydrogen) atoms. The standard InChI is InChI=1S/C20H19N5O3/c1-14-11-23-19(15-5-4-8-21-12-15)24(14)10-9-22-18(26)13-25-16-6-2-3-7-17(16)28-20(25)27/h2-8,11-12H,9-10,13H2,1H3,(H,22,26). The lowest BCUT2D eigenvalue weighted by Gasteiger charge is -2.11. The summed E-state index contributed by atoms with van der Waals surface area (Å²) < 4.78 is 8.50. The van der Waals surface area contributed by atoms with Gasteiger partial charge in [0, 0.05) is 42.9 Å². The smallest absolute Gasteiger partial charge is 0.408 e. The summed E-state index contributed by atoms with van der Waals surface area (Å²) in [6.45, 7) is 2.84. The normalized spacial score (nSPS) is 11.0. The molecule has 8 nitrogen and oxygen atoms in total. The molecule has 0 saturated carbocycles. The minimum Gasteiger partial charge on any atom is -0.408 e. The molecular formula is C20H19N5O3. The van der Waals surface area contributed by atoms with Gasteiger partial charge in [-0.05, 0) is 31.2 Å². The average Bonchev–Trinajstić information content (AvgIpc) is 3.23. The monoisotopic (exact) mass is 377 g/mol. The molecule has 0 unspecified atom stereocenters. The number of oxazole rings is 1. The van der Waals surface area contributed by atoms with Crippen molar-refractivity contribution in [3.05, 3.63) is 71.2 Å². The molecule has 1 aromatic carbocycles. The van der Waals surface area contributed by atoms with Crippen molar-refractivity contribution in [2.24, 2.45) is 0 Å². The number of rotatable bonds is 6.